The van der Waals surface area contributed by atoms with Crippen molar-refractivity contribution in [2.75, 3.05) is 31.4 Å². The monoisotopic (exact) mass is 252 g/mol. The molecule has 1 atom stereocenters. The lowest BCUT2D eigenvalue weighted by molar-refractivity contribution is 0.178. The van der Waals surface area contributed by atoms with Crippen molar-refractivity contribution in [3.63, 3.8) is 0 Å². The molecule has 5 nitrogen and oxygen atoms in total. The molecule has 0 saturated heterocycles. The Morgan fingerprint density at radius 2 is 2.17 bits per heavy atom. The van der Waals surface area contributed by atoms with Gasteiger partial charge in [0.25, 0.3) is 0 Å². The third kappa shape index (κ3) is 3.84. The quantitative estimate of drug-likeness (QED) is 0.807. The van der Waals surface area contributed by atoms with Gasteiger partial charge in [-0.05, 0) is 13.3 Å². The first-order valence-electron chi connectivity index (χ1n) is 6.39. The summed E-state index contributed by atoms with van der Waals surface area (Å²) in [6, 6.07) is 2.43. The van der Waals surface area contributed by atoms with Crippen LogP contribution < -0.4 is 10.2 Å². The molecule has 5 heteroatoms. The third-order valence-electron chi connectivity index (χ3n) is 3.02. The Labute approximate surface area is 110 Å². The fourth-order valence-corrected chi connectivity index (χ4v) is 1.82. The van der Waals surface area contributed by atoms with Gasteiger partial charge in [0.05, 0.1) is 0 Å². The number of rotatable bonds is 7. The number of hydrogen-bond acceptors (Lipinski definition) is 5. The summed E-state index contributed by atoms with van der Waals surface area (Å²) in [6.45, 7) is 4.83. The zero-order chi connectivity index (χ0) is 13.5. The number of methoxy groups -OCH3 is 1. The number of nitrogens with zero attached hydrogens (tertiary/aromatic N) is 3. The summed E-state index contributed by atoms with van der Waals surface area (Å²) in [5.41, 5.74) is 0. The van der Waals surface area contributed by atoms with E-state index >= 15 is 0 Å². The summed E-state index contributed by atoms with van der Waals surface area (Å²) in [6.07, 6.45) is 2.31. The van der Waals surface area contributed by atoms with Crippen LogP contribution in [0.2, 0.25) is 0 Å². The molecule has 0 aliphatic heterocycles. The molecule has 0 aliphatic carbocycles. The van der Waals surface area contributed by atoms with Crippen LogP contribution in [0, 0.1) is 0 Å². The van der Waals surface area contributed by atoms with E-state index < -0.39 is 0 Å². The van der Waals surface area contributed by atoms with E-state index in [2.05, 4.69) is 41.1 Å². The van der Waals surface area contributed by atoms with Crippen molar-refractivity contribution in [3.05, 3.63) is 11.9 Å². The van der Waals surface area contributed by atoms with E-state index in [1.807, 2.05) is 13.1 Å². The first-order chi connectivity index (χ1) is 8.62. The van der Waals surface area contributed by atoms with Gasteiger partial charge in [0.15, 0.2) is 5.82 Å². The number of aromatic nitrogens is 2. The van der Waals surface area contributed by atoms with E-state index in [9.17, 15) is 0 Å². The van der Waals surface area contributed by atoms with E-state index in [1.54, 1.807) is 7.11 Å². The molecular weight excluding hydrogens is 228 g/mol. The topological polar surface area (TPSA) is 50.3 Å². The summed E-state index contributed by atoms with van der Waals surface area (Å²) in [7, 11) is 5.58. The lowest BCUT2D eigenvalue weighted by Gasteiger charge is -2.26. The molecule has 0 amide bonds. The highest BCUT2D eigenvalue weighted by Crippen LogP contribution is 2.18. The standard InChI is InChI=1S/C13H24N4O/c1-6-7-10(2)17(4)13-8-11(14-3)15-12(16-13)9-18-5/h8,10H,6-7,9H2,1-5H3,(H,14,15,16). The van der Waals surface area contributed by atoms with Gasteiger partial charge in [-0.25, -0.2) is 9.97 Å². The number of ether oxygens (including phenoxy) is 1. The average Bonchev–Trinajstić information content (AvgIpc) is 2.38. The van der Waals surface area contributed by atoms with Gasteiger partial charge in [0.1, 0.15) is 18.2 Å². The highest BCUT2D eigenvalue weighted by atomic mass is 16.5. The molecule has 1 N–H and O–H groups in total. The maximum atomic E-state index is 5.10. The van der Waals surface area contributed by atoms with Gasteiger partial charge in [-0.1, -0.05) is 13.3 Å². The van der Waals surface area contributed by atoms with E-state index in [0.717, 1.165) is 18.1 Å². The Bertz CT molecular complexity index is 370. The van der Waals surface area contributed by atoms with Crippen molar-refractivity contribution in [1.29, 1.82) is 0 Å². The predicted octanol–water partition coefficient (Wildman–Crippen LogP) is 2.29. The lowest BCUT2D eigenvalue weighted by Crippen LogP contribution is -2.29. The van der Waals surface area contributed by atoms with Gasteiger partial charge < -0.3 is 15.0 Å². The maximum Gasteiger partial charge on any atom is 0.158 e. The second-order valence-electron chi connectivity index (χ2n) is 4.46. The Morgan fingerprint density at radius 3 is 2.72 bits per heavy atom. The third-order valence-corrected chi connectivity index (χ3v) is 3.02. The number of hydrogen-bond donors (Lipinski definition) is 1. The summed E-state index contributed by atoms with van der Waals surface area (Å²) in [5.74, 6) is 2.46. The van der Waals surface area contributed by atoms with Crippen LogP contribution in [0.15, 0.2) is 6.07 Å². The zero-order valence-electron chi connectivity index (χ0n) is 12.0. The van der Waals surface area contributed by atoms with Gasteiger partial charge >= 0.3 is 0 Å². The Balaban J connectivity index is 2.95. The molecule has 1 heterocycles. The summed E-state index contributed by atoms with van der Waals surface area (Å²) < 4.78 is 5.10. The van der Waals surface area contributed by atoms with Crippen LogP contribution in [0.4, 0.5) is 11.6 Å². The van der Waals surface area contributed by atoms with E-state index in [1.165, 1.54) is 6.42 Å². The Morgan fingerprint density at radius 1 is 1.44 bits per heavy atom. The minimum absolute atomic E-state index is 0.429. The molecule has 0 aliphatic rings. The van der Waals surface area contributed by atoms with Gasteiger partial charge in [-0.3, -0.25) is 0 Å². The SMILES string of the molecule is CCCC(C)N(C)c1cc(NC)nc(COC)n1. The Kier molecular flexibility index (Phi) is 5.85. The van der Waals surface area contributed by atoms with Crippen LogP contribution >= 0.6 is 0 Å². The van der Waals surface area contributed by atoms with Crippen LogP contribution in [-0.2, 0) is 11.3 Å². The second kappa shape index (κ2) is 7.16. The lowest BCUT2D eigenvalue weighted by atomic mass is 10.2. The van der Waals surface area contributed by atoms with E-state index in [-0.39, 0.29) is 0 Å². The number of nitrogens with one attached hydrogen (secondary N) is 1. The normalized spacial score (nSPS) is 12.3. The van der Waals surface area contributed by atoms with Crippen LogP contribution in [-0.4, -0.2) is 37.2 Å². The highest BCUT2D eigenvalue weighted by molar-refractivity contribution is 5.49. The molecule has 1 rings (SSSR count). The first kappa shape index (κ1) is 14.7. The molecule has 1 unspecified atom stereocenters. The summed E-state index contributed by atoms with van der Waals surface area (Å²) >= 11 is 0. The largest absolute Gasteiger partial charge is 0.377 e. The van der Waals surface area contributed by atoms with Crippen LogP contribution in [0.3, 0.4) is 0 Å². The fraction of sp³-hybridized carbons (Fsp3) is 0.692. The van der Waals surface area contributed by atoms with Crippen LogP contribution in [0.25, 0.3) is 0 Å². The minimum Gasteiger partial charge on any atom is -0.377 e. The van der Waals surface area contributed by atoms with Crippen molar-refractivity contribution >= 4 is 11.6 Å². The predicted molar refractivity (Wildman–Crippen MR) is 75.1 cm³/mol. The van der Waals surface area contributed by atoms with Crippen molar-refractivity contribution in [3.8, 4) is 0 Å². The zero-order valence-corrected chi connectivity index (χ0v) is 12.0. The minimum atomic E-state index is 0.429. The molecule has 0 radical (unpaired) electrons. The highest BCUT2D eigenvalue weighted by Gasteiger charge is 2.13. The summed E-state index contributed by atoms with van der Waals surface area (Å²) in [4.78, 5) is 11.1. The first-order valence-corrected chi connectivity index (χ1v) is 6.39. The molecule has 18 heavy (non-hydrogen) atoms. The van der Waals surface area contributed by atoms with Crippen molar-refractivity contribution in [2.24, 2.45) is 0 Å². The molecule has 0 aromatic carbocycles. The summed E-state index contributed by atoms with van der Waals surface area (Å²) in [5, 5.41) is 3.06. The molecular formula is C13H24N4O. The van der Waals surface area contributed by atoms with Crippen LogP contribution in [0.1, 0.15) is 32.5 Å². The van der Waals surface area contributed by atoms with E-state index in [4.69, 9.17) is 4.74 Å². The molecule has 1 aromatic rings. The molecule has 0 saturated carbocycles. The van der Waals surface area contributed by atoms with Gasteiger partial charge in [0, 0.05) is 33.3 Å². The fourth-order valence-electron chi connectivity index (χ4n) is 1.82. The van der Waals surface area contributed by atoms with Crippen molar-refractivity contribution in [2.45, 2.75) is 39.3 Å². The van der Waals surface area contributed by atoms with Gasteiger partial charge in [-0.2, -0.15) is 0 Å². The van der Waals surface area contributed by atoms with Crippen molar-refractivity contribution in [1.82, 2.24) is 9.97 Å². The molecule has 0 bridgehead atoms. The van der Waals surface area contributed by atoms with Gasteiger partial charge in [0.2, 0.25) is 0 Å². The second-order valence-corrected chi connectivity index (χ2v) is 4.46. The number of anilines is 2. The van der Waals surface area contributed by atoms with E-state index in [0.29, 0.717) is 18.5 Å². The Hall–Kier alpha value is -1.36. The van der Waals surface area contributed by atoms with Gasteiger partial charge in [-0.15, -0.1) is 0 Å². The maximum absolute atomic E-state index is 5.10. The molecule has 0 spiro atoms. The molecule has 1 aromatic heterocycles. The molecule has 102 valence electrons. The smallest absolute Gasteiger partial charge is 0.158 e. The van der Waals surface area contributed by atoms with Crippen molar-refractivity contribution < 1.29 is 4.74 Å². The van der Waals surface area contributed by atoms with Crippen LogP contribution in [0.5, 0.6) is 0 Å². The average molecular weight is 252 g/mol. The molecule has 0 fully saturated rings.